The summed E-state index contributed by atoms with van der Waals surface area (Å²) in [4.78, 5) is -1.02. The van der Waals surface area contributed by atoms with E-state index in [1.807, 2.05) is 0 Å². The van der Waals surface area contributed by atoms with Crippen molar-refractivity contribution in [1.29, 1.82) is 0 Å². The van der Waals surface area contributed by atoms with Crippen molar-refractivity contribution in [3.63, 3.8) is 0 Å². The molecule has 0 spiro atoms. The third-order valence-electron chi connectivity index (χ3n) is 14.4. The fraction of sp³-hybridized carbons (Fsp3) is 0.200. The van der Waals surface area contributed by atoms with Crippen LogP contribution in [0.3, 0.4) is 0 Å². The highest BCUT2D eigenvalue weighted by Gasteiger charge is 2.35. The molecule has 0 aliphatic heterocycles. The molecule has 0 saturated heterocycles. The Morgan fingerprint density at radius 2 is 0.450 bits per heavy atom. The summed E-state index contributed by atoms with van der Waals surface area (Å²) >= 11 is 0. The Morgan fingerprint density at radius 3 is 0.637 bits per heavy atom. The van der Waals surface area contributed by atoms with Crippen molar-refractivity contribution in [3.8, 4) is 46.0 Å². The molecule has 0 heterocycles. The van der Waals surface area contributed by atoms with Crippen molar-refractivity contribution in [2.45, 2.75) is 98.6 Å². The van der Waals surface area contributed by atoms with Gasteiger partial charge in [-0.15, -0.1) is 0 Å². The minimum Gasteiger partial charge on any atom is -0.508 e. The number of phenolic OH excluding ortho intramolecular Hbond substituents is 4. The standard InChI is InChI=1S/C60H56O16S4/c1-33-9-17-41(18-10-33)77(65,66)73-57-31-58(74-78(67,68)42-19-11-34(2)12-20-42)50-27-49(57)37(5)45-25-46(54(62)29-53(45)61)39(7)51-28-52(40(8)48-26-47(38(50)6)55(63)30-56(48)64)60(76-80(71,72)44-23-15-36(4)16-24-44)32-59(51)75-79(69,70)43-21-13-35(3)14-22-43/h9-32,37-40,61-64H,1-8H3. The van der Waals surface area contributed by atoms with Crippen molar-refractivity contribution >= 4 is 40.5 Å². The van der Waals surface area contributed by atoms with E-state index in [1.54, 1.807) is 104 Å². The number of hydrogen-bond acceptors (Lipinski definition) is 16. The second-order valence-electron chi connectivity index (χ2n) is 20.1. The van der Waals surface area contributed by atoms with Crippen LogP contribution in [0.15, 0.2) is 165 Å². The average Bonchev–Trinajstić information content (AvgIpc) is 3.38. The number of benzene rings is 8. The Kier molecular flexibility index (Phi) is 15.0. The minimum absolute atomic E-state index is 0.0351. The monoisotopic (exact) mass is 1160 g/mol. The Bertz CT molecular complexity index is 3670. The molecule has 20 heteroatoms. The predicted octanol–water partition coefficient (Wildman–Crippen LogP) is 11.7. The molecule has 8 aromatic carbocycles. The van der Waals surface area contributed by atoms with Crippen LogP contribution >= 0.6 is 0 Å². The van der Waals surface area contributed by atoms with E-state index in [0.717, 1.165) is 46.5 Å². The van der Waals surface area contributed by atoms with Crippen molar-refractivity contribution in [1.82, 2.24) is 0 Å². The highest BCUT2D eigenvalue weighted by Crippen LogP contribution is 2.51. The van der Waals surface area contributed by atoms with Gasteiger partial charge in [0.2, 0.25) is 0 Å². The molecule has 9 rings (SSSR count). The van der Waals surface area contributed by atoms with Gasteiger partial charge in [-0.1, -0.05) is 98.5 Å². The summed E-state index contributed by atoms with van der Waals surface area (Å²) in [6.45, 7) is 13.4. The largest absolute Gasteiger partial charge is 0.508 e. The lowest BCUT2D eigenvalue weighted by Gasteiger charge is -2.27. The first-order chi connectivity index (χ1) is 37.5. The van der Waals surface area contributed by atoms with Crippen molar-refractivity contribution in [2.24, 2.45) is 0 Å². The lowest BCUT2D eigenvalue weighted by Crippen LogP contribution is -2.16. The maximum Gasteiger partial charge on any atom is 0.339 e. The quantitative estimate of drug-likeness (QED) is 0.0830. The Morgan fingerprint density at radius 1 is 0.275 bits per heavy atom. The van der Waals surface area contributed by atoms with Gasteiger partial charge in [0.05, 0.1) is 0 Å². The molecule has 80 heavy (non-hydrogen) atoms. The SMILES string of the molecule is Cc1ccc(S(=O)(=O)Oc2cc(OS(=O)(=O)c3ccc(C)cc3)c3cc2C(C)c2cc(c(O)cc2O)C(C)c2cc(c(OS(=O)(=O)c4ccc(C)cc4)cc2OS(=O)(=O)c2ccc(C)cc2)C(C)c2cc(c(O)cc2O)C3C)cc1. The fourth-order valence-electron chi connectivity index (χ4n) is 9.60. The zero-order chi connectivity index (χ0) is 58.0. The Balaban J connectivity index is 1.35. The second-order valence-corrected chi connectivity index (χ2v) is 26.3. The summed E-state index contributed by atoms with van der Waals surface area (Å²) in [7, 11) is -18.9. The third kappa shape index (κ3) is 11.3. The second kappa shape index (κ2) is 21.2. The van der Waals surface area contributed by atoms with Crippen LogP contribution in [0.1, 0.15) is 118 Å². The van der Waals surface area contributed by atoms with Crippen molar-refractivity contribution in [2.75, 3.05) is 0 Å². The maximum atomic E-state index is 14.3. The topological polar surface area (TPSA) is 254 Å². The lowest BCUT2D eigenvalue weighted by atomic mass is 9.81. The molecule has 4 atom stereocenters. The van der Waals surface area contributed by atoms with E-state index in [2.05, 4.69) is 0 Å². The van der Waals surface area contributed by atoms with Gasteiger partial charge in [0.15, 0.2) is 23.0 Å². The minimum atomic E-state index is -4.72. The summed E-state index contributed by atoms with van der Waals surface area (Å²) in [5.41, 5.74) is 3.33. The van der Waals surface area contributed by atoms with Crippen LogP contribution in [0.2, 0.25) is 0 Å². The first kappa shape index (κ1) is 56.7. The molecule has 16 nitrogen and oxygen atoms in total. The van der Waals surface area contributed by atoms with Crippen LogP contribution in [0, 0.1) is 27.7 Å². The molecule has 0 radical (unpaired) electrons. The molecule has 8 bridgehead atoms. The van der Waals surface area contributed by atoms with Gasteiger partial charge in [0.25, 0.3) is 0 Å². The van der Waals surface area contributed by atoms with Crippen LogP contribution < -0.4 is 16.7 Å². The molecule has 8 aromatic rings. The van der Waals surface area contributed by atoms with E-state index in [-0.39, 0.29) is 64.1 Å². The zero-order valence-corrected chi connectivity index (χ0v) is 47.8. The number of aromatic hydroxyl groups is 4. The van der Waals surface area contributed by atoms with Gasteiger partial charge in [-0.05, 0) is 100 Å². The first-order valence-corrected chi connectivity index (χ1v) is 30.7. The third-order valence-corrected chi connectivity index (χ3v) is 19.4. The fourth-order valence-corrected chi connectivity index (χ4v) is 13.4. The smallest absolute Gasteiger partial charge is 0.339 e. The molecule has 1 aliphatic rings. The summed E-state index contributed by atoms with van der Waals surface area (Å²) in [6, 6.07) is 33.0. The summed E-state index contributed by atoms with van der Waals surface area (Å²) in [6.07, 6.45) is 0. The average molecular weight is 1160 g/mol. The highest BCUT2D eigenvalue weighted by molar-refractivity contribution is 7.88. The molecule has 0 fully saturated rings. The van der Waals surface area contributed by atoms with E-state index < -0.39 is 110 Å². The molecule has 1 aliphatic carbocycles. The van der Waals surface area contributed by atoms with Gasteiger partial charge in [0.1, 0.15) is 42.6 Å². The van der Waals surface area contributed by atoms with Crippen LogP contribution in [0.25, 0.3) is 0 Å². The highest BCUT2D eigenvalue weighted by atomic mass is 32.2. The van der Waals surface area contributed by atoms with Gasteiger partial charge in [0, 0.05) is 92.4 Å². The van der Waals surface area contributed by atoms with Crippen molar-refractivity contribution < 1.29 is 70.8 Å². The molecule has 4 unspecified atom stereocenters. The predicted molar refractivity (Wildman–Crippen MR) is 298 cm³/mol. The van der Waals surface area contributed by atoms with Gasteiger partial charge >= 0.3 is 40.5 Å². The van der Waals surface area contributed by atoms with Gasteiger partial charge in [-0.25, -0.2) is 0 Å². The Labute approximate surface area is 465 Å². The summed E-state index contributed by atoms with van der Waals surface area (Å²) < 4.78 is 138. The van der Waals surface area contributed by atoms with E-state index in [9.17, 15) is 54.1 Å². The van der Waals surface area contributed by atoms with Crippen LogP contribution in [0.5, 0.6) is 46.0 Å². The summed E-state index contributed by atoms with van der Waals surface area (Å²) in [5, 5.41) is 47.3. The molecule has 0 aromatic heterocycles. The number of hydrogen-bond donors (Lipinski definition) is 4. The van der Waals surface area contributed by atoms with E-state index in [0.29, 0.717) is 0 Å². The van der Waals surface area contributed by atoms with Crippen LogP contribution in [-0.2, 0) is 40.5 Å². The van der Waals surface area contributed by atoms with E-state index in [1.165, 1.54) is 72.8 Å². The molecular formula is C60H56O16S4. The lowest BCUT2D eigenvalue weighted by molar-refractivity contribution is 0.438. The number of fused-ring (bicyclic) bond motifs is 8. The summed E-state index contributed by atoms with van der Waals surface area (Å²) in [5.74, 6) is -8.19. The Hall–Kier alpha value is -8.04. The molecule has 416 valence electrons. The van der Waals surface area contributed by atoms with E-state index in [4.69, 9.17) is 16.7 Å². The van der Waals surface area contributed by atoms with Gasteiger partial charge in [-0.3, -0.25) is 0 Å². The zero-order valence-electron chi connectivity index (χ0n) is 44.5. The van der Waals surface area contributed by atoms with Gasteiger partial charge in [-0.2, -0.15) is 33.7 Å². The molecule has 0 amide bonds. The molecular weight excluding hydrogens is 1100 g/mol. The van der Waals surface area contributed by atoms with Crippen LogP contribution in [0.4, 0.5) is 0 Å². The van der Waals surface area contributed by atoms with Crippen LogP contribution in [-0.4, -0.2) is 54.1 Å². The molecule has 4 N–H and O–H groups in total. The van der Waals surface area contributed by atoms with E-state index >= 15 is 0 Å². The number of phenols is 4. The van der Waals surface area contributed by atoms with Gasteiger partial charge < -0.3 is 37.2 Å². The maximum absolute atomic E-state index is 14.3. The normalized spacial score (nSPS) is 16.6. The van der Waals surface area contributed by atoms with Crippen molar-refractivity contribution in [3.05, 3.63) is 212 Å². The number of rotatable bonds is 12. The number of aryl methyl sites for hydroxylation is 4. The molecule has 0 saturated carbocycles. The first-order valence-electron chi connectivity index (χ1n) is 25.1.